The summed E-state index contributed by atoms with van der Waals surface area (Å²) in [6.07, 6.45) is 6.44. The molecule has 1 atom stereocenters. The highest BCUT2D eigenvalue weighted by atomic mass is 16.2. The zero-order valence-electron chi connectivity index (χ0n) is 16.0. The second-order valence-electron chi connectivity index (χ2n) is 6.78. The minimum atomic E-state index is -0.440. The molecule has 3 rings (SSSR count). The van der Waals surface area contributed by atoms with Crippen LogP contribution in [0.1, 0.15) is 50.8 Å². The van der Waals surface area contributed by atoms with Crippen molar-refractivity contribution in [3.05, 3.63) is 58.6 Å². The Hall–Kier alpha value is -2.53. The maximum atomic E-state index is 12.3. The van der Waals surface area contributed by atoms with Crippen molar-refractivity contribution >= 4 is 17.6 Å². The van der Waals surface area contributed by atoms with Crippen molar-refractivity contribution in [1.82, 2.24) is 0 Å². The van der Waals surface area contributed by atoms with Crippen LogP contribution in [-0.2, 0) is 19.4 Å². The average Bonchev–Trinajstić information content (AvgIpc) is 2.92. The number of benzene rings is 1. The highest BCUT2D eigenvalue weighted by Gasteiger charge is 2.50. The first kappa shape index (κ1) is 18.3. The Morgan fingerprint density at radius 2 is 1.88 bits per heavy atom. The Morgan fingerprint density at radius 3 is 2.46 bits per heavy atom. The van der Waals surface area contributed by atoms with Crippen LogP contribution in [0.4, 0.5) is 4.79 Å². The quantitative estimate of drug-likeness (QED) is 0.811. The van der Waals surface area contributed by atoms with Crippen LogP contribution in [0.15, 0.2) is 51.9 Å². The molecule has 26 heavy (non-hydrogen) atoms. The number of rotatable bonds is 4. The van der Waals surface area contributed by atoms with Gasteiger partial charge in [0.1, 0.15) is 23.3 Å². The van der Waals surface area contributed by atoms with E-state index in [1.807, 2.05) is 26.1 Å². The molecule has 0 aliphatic carbocycles. The molecule has 5 nitrogen and oxygen atoms in total. The third kappa shape index (κ3) is 2.72. The van der Waals surface area contributed by atoms with Gasteiger partial charge in [-0.15, -0.1) is 4.48 Å². The van der Waals surface area contributed by atoms with Gasteiger partial charge in [0.15, 0.2) is 0 Å². The average molecular weight is 351 g/mol. The van der Waals surface area contributed by atoms with E-state index in [4.69, 9.17) is 10.7 Å². The molecule has 2 aliphatic rings. The number of amidine groups is 1. The highest BCUT2D eigenvalue weighted by molar-refractivity contribution is 6.41. The molecular formula is C21H27N4O+. The molecule has 0 aromatic heterocycles. The SMILES string of the molecule is CCc1cccc(CC)c1CN=C1CC=C[N+]2(C(N)=O)C1=NC(C)=C2C. The summed E-state index contributed by atoms with van der Waals surface area (Å²) >= 11 is 0. The Labute approximate surface area is 155 Å². The van der Waals surface area contributed by atoms with Crippen LogP contribution < -0.4 is 5.73 Å². The van der Waals surface area contributed by atoms with Gasteiger partial charge < -0.3 is 5.73 Å². The van der Waals surface area contributed by atoms with E-state index in [0.29, 0.717) is 18.8 Å². The van der Waals surface area contributed by atoms with Gasteiger partial charge in [0, 0.05) is 13.3 Å². The third-order valence-corrected chi connectivity index (χ3v) is 5.47. The normalized spacial score (nSPS) is 23.4. The van der Waals surface area contributed by atoms with E-state index in [-0.39, 0.29) is 4.48 Å². The molecule has 136 valence electrons. The largest absolute Gasteiger partial charge is 0.430 e. The third-order valence-electron chi connectivity index (χ3n) is 5.47. The van der Waals surface area contributed by atoms with E-state index < -0.39 is 6.03 Å². The lowest BCUT2D eigenvalue weighted by molar-refractivity contribution is -0.649. The topological polar surface area (TPSA) is 67.8 Å². The number of aryl methyl sites for hydroxylation is 2. The molecule has 0 spiro atoms. The summed E-state index contributed by atoms with van der Waals surface area (Å²) in [5, 5.41) is 0. The lowest BCUT2D eigenvalue weighted by Gasteiger charge is -2.29. The number of nitrogens with zero attached hydrogens (tertiary/aromatic N) is 3. The smallest absolute Gasteiger partial charge is 0.318 e. The first-order valence-electron chi connectivity index (χ1n) is 9.22. The van der Waals surface area contributed by atoms with Crippen molar-refractivity contribution in [2.24, 2.45) is 15.7 Å². The van der Waals surface area contributed by atoms with Gasteiger partial charge >= 0.3 is 6.03 Å². The minimum absolute atomic E-state index is 0.124. The maximum absolute atomic E-state index is 12.3. The predicted molar refractivity (Wildman–Crippen MR) is 106 cm³/mol. The number of carbonyl (C=O) groups is 1. The molecule has 0 bridgehead atoms. The molecule has 0 saturated carbocycles. The van der Waals surface area contributed by atoms with Crippen LogP contribution in [0.5, 0.6) is 0 Å². The zero-order chi connectivity index (χ0) is 18.9. The zero-order valence-corrected chi connectivity index (χ0v) is 16.0. The number of fused-ring (bicyclic) bond motifs is 1. The van der Waals surface area contributed by atoms with Gasteiger partial charge in [0.05, 0.1) is 6.54 Å². The van der Waals surface area contributed by atoms with Gasteiger partial charge in [-0.3, -0.25) is 4.99 Å². The van der Waals surface area contributed by atoms with Crippen molar-refractivity contribution in [2.75, 3.05) is 0 Å². The maximum Gasteiger partial charge on any atom is 0.430 e. The van der Waals surface area contributed by atoms with Gasteiger partial charge in [-0.25, -0.2) is 4.79 Å². The van der Waals surface area contributed by atoms with Crippen LogP contribution in [0.25, 0.3) is 0 Å². The highest BCUT2D eigenvalue weighted by Crippen LogP contribution is 2.34. The van der Waals surface area contributed by atoms with E-state index in [1.54, 1.807) is 0 Å². The number of amides is 2. The van der Waals surface area contributed by atoms with Gasteiger partial charge in [-0.05, 0) is 42.5 Å². The molecule has 1 unspecified atom stereocenters. The van der Waals surface area contributed by atoms with Crippen molar-refractivity contribution in [3.63, 3.8) is 0 Å². The van der Waals surface area contributed by atoms with E-state index in [0.717, 1.165) is 29.9 Å². The number of hydrogen-bond donors (Lipinski definition) is 1. The molecule has 2 aliphatic heterocycles. The number of allylic oxidation sites excluding steroid dienone is 3. The number of quaternary nitrogens is 1. The molecule has 0 fully saturated rings. The molecule has 1 aromatic carbocycles. The van der Waals surface area contributed by atoms with Crippen LogP contribution in [0.3, 0.4) is 0 Å². The number of aliphatic imine (C=N–C) groups is 2. The molecule has 5 heteroatoms. The Bertz CT molecular complexity index is 854. The molecule has 2 heterocycles. The standard InChI is InChI=1S/C21H26N4O/c1-5-16-9-7-10-17(6-2)18(16)13-23-19-11-8-12-25(21(22)26)15(4)14(3)24-20(19)25/h7-10,12H,5-6,11,13H2,1-4H3,(H-,22,26)/p+1. The molecule has 2 amide bonds. The van der Waals surface area contributed by atoms with E-state index >= 15 is 0 Å². The van der Waals surface area contributed by atoms with Gasteiger partial charge in [0.2, 0.25) is 0 Å². The summed E-state index contributed by atoms with van der Waals surface area (Å²) in [5.74, 6) is 0.655. The summed E-state index contributed by atoms with van der Waals surface area (Å²) < 4.78 is -0.124. The summed E-state index contributed by atoms with van der Waals surface area (Å²) in [6, 6.07) is 6.01. The van der Waals surface area contributed by atoms with Crippen LogP contribution in [-0.4, -0.2) is 22.1 Å². The lowest BCUT2D eigenvalue weighted by atomic mass is 9.97. The second kappa shape index (κ2) is 7.00. The van der Waals surface area contributed by atoms with Crippen molar-refractivity contribution < 1.29 is 9.28 Å². The van der Waals surface area contributed by atoms with Gasteiger partial charge in [-0.1, -0.05) is 32.0 Å². The fourth-order valence-electron chi connectivity index (χ4n) is 3.80. The second-order valence-corrected chi connectivity index (χ2v) is 6.78. The number of primary amides is 1. The first-order valence-corrected chi connectivity index (χ1v) is 9.22. The van der Waals surface area contributed by atoms with E-state index in [9.17, 15) is 4.79 Å². The monoisotopic (exact) mass is 351 g/mol. The molecular weight excluding hydrogens is 324 g/mol. The summed E-state index contributed by atoms with van der Waals surface area (Å²) in [5.41, 5.74) is 12.2. The van der Waals surface area contributed by atoms with Gasteiger partial charge in [0.25, 0.3) is 5.84 Å². The summed E-state index contributed by atoms with van der Waals surface area (Å²) in [6.45, 7) is 8.76. The fourth-order valence-corrected chi connectivity index (χ4v) is 3.80. The van der Waals surface area contributed by atoms with Crippen LogP contribution in [0, 0.1) is 0 Å². The number of hydrogen-bond acceptors (Lipinski definition) is 3. The first-order chi connectivity index (χ1) is 12.5. The lowest BCUT2D eigenvalue weighted by Crippen LogP contribution is -2.56. The predicted octanol–water partition coefficient (Wildman–Crippen LogP) is 4.23. The van der Waals surface area contributed by atoms with Crippen LogP contribution >= 0.6 is 0 Å². The Balaban J connectivity index is 2.01. The number of carbonyl (C=O) groups excluding carboxylic acids is 1. The van der Waals surface area contributed by atoms with Gasteiger partial charge in [-0.2, -0.15) is 4.99 Å². The Kier molecular flexibility index (Phi) is 4.92. The molecule has 0 radical (unpaired) electrons. The summed E-state index contributed by atoms with van der Waals surface area (Å²) in [4.78, 5) is 21.9. The van der Waals surface area contributed by atoms with Crippen LogP contribution in [0.2, 0.25) is 0 Å². The molecule has 0 saturated heterocycles. The van der Waals surface area contributed by atoms with E-state index in [1.165, 1.54) is 16.7 Å². The van der Waals surface area contributed by atoms with Crippen molar-refractivity contribution in [3.8, 4) is 0 Å². The number of urea groups is 1. The fraction of sp³-hybridized carbons (Fsp3) is 0.381. The molecule has 1 aromatic rings. The van der Waals surface area contributed by atoms with Crippen molar-refractivity contribution in [2.45, 2.75) is 53.5 Å². The summed E-state index contributed by atoms with van der Waals surface area (Å²) in [7, 11) is 0. The molecule has 2 N–H and O–H groups in total. The van der Waals surface area contributed by atoms with Crippen molar-refractivity contribution in [1.29, 1.82) is 0 Å². The van der Waals surface area contributed by atoms with E-state index in [2.05, 4.69) is 37.0 Å². The minimum Gasteiger partial charge on any atom is -0.318 e. The Morgan fingerprint density at radius 1 is 1.23 bits per heavy atom. The number of nitrogens with two attached hydrogens (primary N) is 1.